The fourth-order valence-electron chi connectivity index (χ4n) is 3.09. The van der Waals surface area contributed by atoms with Crippen molar-refractivity contribution >= 4 is 17.2 Å². The van der Waals surface area contributed by atoms with Gasteiger partial charge in [0, 0.05) is 23.6 Å². The summed E-state index contributed by atoms with van der Waals surface area (Å²) in [6.45, 7) is 2.82. The lowest BCUT2D eigenvalue weighted by atomic mass is 10.1. The number of ether oxygens (including phenoxy) is 4. The number of nitrogens with zero attached hydrogens (tertiary/aromatic N) is 1. The van der Waals surface area contributed by atoms with Crippen LogP contribution in [0.3, 0.4) is 0 Å². The minimum atomic E-state index is -0.133. The molecule has 0 atom stereocenters. The standard InChI is InChI=1S/C23H26N2O5S/c1-5-30-18-9-7-6-8-17(18)23-25-16(14-31-23)11-22(26)24-13-15-10-20(28-3)21(29-4)12-19(15)27-2/h6-10,12,14H,5,11,13H2,1-4H3,(H,24,26). The third-order valence-corrected chi connectivity index (χ3v) is 5.50. The van der Waals surface area contributed by atoms with E-state index >= 15 is 0 Å². The van der Waals surface area contributed by atoms with Gasteiger partial charge in [0.1, 0.15) is 16.5 Å². The van der Waals surface area contributed by atoms with E-state index in [0.29, 0.717) is 36.1 Å². The molecule has 8 heteroatoms. The maximum absolute atomic E-state index is 12.5. The Labute approximate surface area is 185 Å². The second-order valence-corrected chi connectivity index (χ2v) is 7.40. The van der Waals surface area contributed by atoms with Gasteiger partial charge in [0.25, 0.3) is 0 Å². The molecule has 0 radical (unpaired) electrons. The summed E-state index contributed by atoms with van der Waals surface area (Å²) in [6, 6.07) is 11.3. The summed E-state index contributed by atoms with van der Waals surface area (Å²) in [7, 11) is 4.70. The van der Waals surface area contributed by atoms with E-state index in [2.05, 4.69) is 10.3 Å². The first kappa shape index (κ1) is 22.4. The van der Waals surface area contributed by atoms with Crippen molar-refractivity contribution in [1.29, 1.82) is 0 Å². The number of benzene rings is 2. The molecule has 164 valence electrons. The second-order valence-electron chi connectivity index (χ2n) is 6.55. The number of amides is 1. The number of thiazole rings is 1. The van der Waals surface area contributed by atoms with E-state index in [9.17, 15) is 4.79 Å². The van der Waals surface area contributed by atoms with Crippen molar-refractivity contribution in [2.45, 2.75) is 19.9 Å². The first-order chi connectivity index (χ1) is 15.1. The largest absolute Gasteiger partial charge is 0.496 e. The number of carbonyl (C=O) groups excluding carboxylic acids is 1. The molecule has 31 heavy (non-hydrogen) atoms. The first-order valence-electron chi connectivity index (χ1n) is 9.81. The average Bonchev–Trinajstić information content (AvgIpc) is 3.25. The number of rotatable bonds is 10. The van der Waals surface area contributed by atoms with Crippen LogP contribution in [0.1, 0.15) is 18.2 Å². The lowest BCUT2D eigenvalue weighted by molar-refractivity contribution is -0.120. The first-order valence-corrected chi connectivity index (χ1v) is 10.7. The number of nitrogens with one attached hydrogen (secondary N) is 1. The molecule has 0 unspecified atom stereocenters. The summed E-state index contributed by atoms with van der Waals surface area (Å²) in [6.07, 6.45) is 0.183. The number of para-hydroxylation sites is 1. The Morgan fingerprint density at radius 2 is 1.71 bits per heavy atom. The van der Waals surface area contributed by atoms with Crippen LogP contribution in [0.5, 0.6) is 23.0 Å². The summed E-state index contributed by atoms with van der Waals surface area (Å²) in [5.41, 5.74) is 2.43. The lowest BCUT2D eigenvalue weighted by Gasteiger charge is -2.14. The van der Waals surface area contributed by atoms with Gasteiger partial charge in [-0.15, -0.1) is 11.3 Å². The van der Waals surface area contributed by atoms with Crippen molar-refractivity contribution < 1.29 is 23.7 Å². The molecule has 1 amide bonds. The fourth-order valence-corrected chi connectivity index (χ4v) is 3.94. The molecule has 1 N–H and O–H groups in total. The molecule has 0 saturated heterocycles. The zero-order chi connectivity index (χ0) is 22.2. The van der Waals surface area contributed by atoms with Crippen LogP contribution in [0.15, 0.2) is 41.8 Å². The van der Waals surface area contributed by atoms with E-state index in [-0.39, 0.29) is 12.3 Å². The monoisotopic (exact) mass is 442 g/mol. The Morgan fingerprint density at radius 1 is 1.00 bits per heavy atom. The van der Waals surface area contributed by atoms with E-state index in [1.165, 1.54) is 11.3 Å². The van der Waals surface area contributed by atoms with Gasteiger partial charge < -0.3 is 24.3 Å². The van der Waals surface area contributed by atoms with Gasteiger partial charge in [0.05, 0.1) is 45.6 Å². The van der Waals surface area contributed by atoms with Crippen LogP contribution in [0.4, 0.5) is 0 Å². The van der Waals surface area contributed by atoms with Crippen molar-refractivity contribution in [3.05, 3.63) is 53.0 Å². The molecule has 0 aliphatic carbocycles. The Balaban J connectivity index is 1.66. The summed E-state index contributed by atoms with van der Waals surface area (Å²) in [5, 5.41) is 5.64. The molecule has 0 aliphatic heterocycles. The van der Waals surface area contributed by atoms with Crippen molar-refractivity contribution in [1.82, 2.24) is 10.3 Å². The van der Waals surface area contributed by atoms with Gasteiger partial charge >= 0.3 is 0 Å². The van der Waals surface area contributed by atoms with E-state index in [4.69, 9.17) is 18.9 Å². The second kappa shape index (κ2) is 10.7. The minimum Gasteiger partial charge on any atom is -0.496 e. The van der Waals surface area contributed by atoms with Gasteiger partial charge in [-0.05, 0) is 25.1 Å². The van der Waals surface area contributed by atoms with Crippen LogP contribution >= 0.6 is 11.3 Å². The molecular formula is C23H26N2O5S. The van der Waals surface area contributed by atoms with E-state index < -0.39 is 0 Å². The van der Waals surface area contributed by atoms with Crippen molar-refractivity contribution in [2.24, 2.45) is 0 Å². The highest BCUT2D eigenvalue weighted by molar-refractivity contribution is 7.13. The van der Waals surface area contributed by atoms with Crippen molar-refractivity contribution in [3.8, 4) is 33.6 Å². The zero-order valence-corrected chi connectivity index (χ0v) is 18.9. The molecular weight excluding hydrogens is 416 g/mol. The summed E-state index contributed by atoms with van der Waals surface area (Å²) in [4.78, 5) is 17.1. The summed E-state index contributed by atoms with van der Waals surface area (Å²) < 4.78 is 21.7. The van der Waals surface area contributed by atoms with Gasteiger partial charge in [-0.2, -0.15) is 0 Å². The quantitative estimate of drug-likeness (QED) is 0.509. The highest BCUT2D eigenvalue weighted by Gasteiger charge is 2.15. The minimum absolute atomic E-state index is 0.133. The normalized spacial score (nSPS) is 10.5. The van der Waals surface area contributed by atoms with Gasteiger partial charge in [-0.3, -0.25) is 4.79 Å². The third-order valence-electron chi connectivity index (χ3n) is 4.57. The van der Waals surface area contributed by atoms with E-state index in [1.807, 2.05) is 36.6 Å². The van der Waals surface area contributed by atoms with Crippen LogP contribution < -0.4 is 24.3 Å². The highest BCUT2D eigenvalue weighted by Crippen LogP contribution is 2.35. The SMILES string of the molecule is CCOc1ccccc1-c1nc(CC(=O)NCc2cc(OC)c(OC)cc2OC)cs1. The molecule has 0 bridgehead atoms. The smallest absolute Gasteiger partial charge is 0.226 e. The molecule has 2 aromatic carbocycles. The molecule has 1 aromatic heterocycles. The molecule has 0 spiro atoms. The maximum atomic E-state index is 12.5. The van der Waals surface area contributed by atoms with Crippen LogP contribution in [-0.4, -0.2) is 38.8 Å². The summed E-state index contributed by atoms with van der Waals surface area (Å²) in [5.74, 6) is 2.41. The molecule has 1 heterocycles. The molecule has 0 saturated carbocycles. The number of hydrogen-bond donors (Lipinski definition) is 1. The average molecular weight is 443 g/mol. The highest BCUT2D eigenvalue weighted by atomic mass is 32.1. The zero-order valence-electron chi connectivity index (χ0n) is 18.1. The number of hydrogen-bond acceptors (Lipinski definition) is 7. The molecule has 0 fully saturated rings. The third kappa shape index (κ3) is 5.46. The molecule has 7 nitrogen and oxygen atoms in total. The van der Waals surface area contributed by atoms with E-state index in [1.54, 1.807) is 33.5 Å². The summed E-state index contributed by atoms with van der Waals surface area (Å²) >= 11 is 1.49. The Hall–Kier alpha value is -3.26. The van der Waals surface area contributed by atoms with Crippen molar-refractivity contribution in [2.75, 3.05) is 27.9 Å². The van der Waals surface area contributed by atoms with Crippen LogP contribution in [0.25, 0.3) is 10.6 Å². The van der Waals surface area contributed by atoms with Crippen LogP contribution in [0.2, 0.25) is 0 Å². The van der Waals surface area contributed by atoms with Crippen LogP contribution in [0, 0.1) is 0 Å². The molecule has 3 rings (SSSR count). The Kier molecular flexibility index (Phi) is 7.72. The van der Waals surface area contributed by atoms with E-state index in [0.717, 1.165) is 21.9 Å². The molecule has 3 aromatic rings. The predicted octanol–water partition coefficient (Wildman–Crippen LogP) is 4.09. The lowest BCUT2D eigenvalue weighted by Crippen LogP contribution is -2.25. The Morgan fingerprint density at radius 3 is 2.42 bits per heavy atom. The van der Waals surface area contributed by atoms with Gasteiger partial charge in [-0.1, -0.05) is 12.1 Å². The maximum Gasteiger partial charge on any atom is 0.226 e. The van der Waals surface area contributed by atoms with Gasteiger partial charge in [-0.25, -0.2) is 4.98 Å². The number of aromatic nitrogens is 1. The van der Waals surface area contributed by atoms with Gasteiger partial charge in [0.15, 0.2) is 11.5 Å². The van der Waals surface area contributed by atoms with Gasteiger partial charge in [0.2, 0.25) is 5.91 Å². The van der Waals surface area contributed by atoms with Crippen LogP contribution in [-0.2, 0) is 17.8 Å². The Bertz CT molecular complexity index is 1030. The fraction of sp³-hybridized carbons (Fsp3) is 0.304. The number of carbonyl (C=O) groups is 1. The predicted molar refractivity (Wildman–Crippen MR) is 120 cm³/mol. The number of methoxy groups -OCH3 is 3. The topological polar surface area (TPSA) is 78.9 Å². The van der Waals surface area contributed by atoms with Crippen molar-refractivity contribution in [3.63, 3.8) is 0 Å². The molecule has 0 aliphatic rings.